The zero-order valence-electron chi connectivity index (χ0n) is 35.9. The standard InChI is InChI=1S/C60H48N2/c1-39-10-15-42(16-11-39)43-17-31-51(32-18-43)62-58-9-7-6-8-54(58)55-37-46(24-35-59(55)62)44-19-27-49(28-20-44)61(48-25-12-40(2)13-26-48)50-29-21-45(22-30-50)47-23-34-53-52-33-14-41(3)36-56(52)60(4,5)57(53)38-47/h6-38H,1-5H3. The number of fused-ring (bicyclic) bond motifs is 6. The summed E-state index contributed by atoms with van der Waals surface area (Å²) in [4.78, 5) is 2.36. The predicted molar refractivity (Wildman–Crippen MR) is 264 cm³/mol. The van der Waals surface area contributed by atoms with E-state index in [-0.39, 0.29) is 5.41 Å². The Labute approximate surface area is 365 Å². The first-order valence-electron chi connectivity index (χ1n) is 21.7. The lowest BCUT2D eigenvalue weighted by Gasteiger charge is -2.26. The van der Waals surface area contributed by atoms with Gasteiger partial charge >= 0.3 is 0 Å². The van der Waals surface area contributed by atoms with Crippen molar-refractivity contribution in [3.63, 3.8) is 0 Å². The number of rotatable bonds is 7. The fraction of sp³-hybridized carbons (Fsp3) is 0.100. The molecule has 2 heteroatoms. The molecule has 1 heterocycles. The van der Waals surface area contributed by atoms with Crippen LogP contribution in [0, 0.1) is 20.8 Å². The molecular formula is C60H48N2. The van der Waals surface area contributed by atoms with Crippen LogP contribution in [0.25, 0.3) is 72.0 Å². The van der Waals surface area contributed by atoms with Gasteiger partial charge in [-0.05, 0) is 149 Å². The van der Waals surface area contributed by atoms with Gasteiger partial charge in [0.25, 0.3) is 0 Å². The molecule has 1 aromatic heterocycles. The maximum absolute atomic E-state index is 2.41. The largest absolute Gasteiger partial charge is 0.311 e. The Morgan fingerprint density at radius 3 is 1.40 bits per heavy atom. The van der Waals surface area contributed by atoms with Crippen molar-refractivity contribution in [3.8, 4) is 50.2 Å². The Kier molecular flexibility index (Phi) is 8.87. The zero-order valence-corrected chi connectivity index (χ0v) is 35.9. The van der Waals surface area contributed by atoms with E-state index in [1.165, 1.54) is 94.1 Å². The summed E-state index contributed by atoms with van der Waals surface area (Å²) < 4.78 is 2.39. The first-order chi connectivity index (χ1) is 30.2. The van der Waals surface area contributed by atoms with Crippen molar-refractivity contribution < 1.29 is 0 Å². The van der Waals surface area contributed by atoms with Gasteiger partial charge in [0.05, 0.1) is 11.0 Å². The highest BCUT2D eigenvalue weighted by molar-refractivity contribution is 6.10. The van der Waals surface area contributed by atoms with Gasteiger partial charge in [-0.3, -0.25) is 0 Å². The van der Waals surface area contributed by atoms with Crippen LogP contribution in [0.2, 0.25) is 0 Å². The maximum atomic E-state index is 2.41. The molecule has 1 aliphatic carbocycles. The van der Waals surface area contributed by atoms with Crippen molar-refractivity contribution in [2.24, 2.45) is 0 Å². The molecule has 0 spiro atoms. The van der Waals surface area contributed by atoms with Crippen LogP contribution in [-0.2, 0) is 5.41 Å². The van der Waals surface area contributed by atoms with E-state index in [2.05, 4.69) is 244 Å². The summed E-state index contributed by atoms with van der Waals surface area (Å²) in [6, 6.07) is 74.3. The summed E-state index contributed by atoms with van der Waals surface area (Å²) in [5.74, 6) is 0. The van der Waals surface area contributed by atoms with Crippen LogP contribution in [0.15, 0.2) is 200 Å². The fourth-order valence-electron chi connectivity index (χ4n) is 9.76. The highest BCUT2D eigenvalue weighted by Crippen LogP contribution is 2.50. The van der Waals surface area contributed by atoms with Crippen molar-refractivity contribution in [1.29, 1.82) is 0 Å². The van der Waals surface area contributed by atoms with Crippen molar-refractivity contribution in [2.45, 2.75) is 40.0 Å². The molecule has 0 N–H and O–H groups in total. The minimum Gasteiger partial charge on any atom is -0.311 e. The van der Waals surface area contributed by atoms with E-state index in [4.69, 9.17) is 0 Å². The Bertz CT molecular complexity index is 3290. The summed E-state index contributed by atoms with van der Waals surface area (Å²) in [6.07, 6.45) is 0. The molecule has 0 atom stereocenters. The number of aromatic nitrogens is 1. The zero-order chi connectivity index (χ0) is 42.1. The second-order valence-electron chi connectivity index (χ2n) is 17.7. The Balaban J connectivity index is 0.915. The van der Waals surface area contributed by atoms with Crippen LogP contribution < -0.4 is 4.90 Å². The highest BCUT2D eigenvalue weighted by atomic mass is 15.1. The predicted octanol–water partition coefficient (Wildman–Crippen LogP) is 16.5. The molecule has 0 bridgehead atoms. The third-order valence-corrected chi connectivity index (χ3v) is 13.2. The molecule has 2 nitrogen and oxygen atoms in total. The van der Waals surface area contributed by atoms with E-state index in [0.717, 1.165) is 22.7 Å². The number of benzene rings is 9. The third-order valence-electron chi connectivity index (χ3n) is 13.2. The molecule has 0 amide bonds. The van der Waals surface area contributed by atoms with Gasteiger partial charge < -0.3 is 9.47 Å². The number of hydrogen-bond acceptors (Lipinski definition) is 1. The van der Waals surface area contributed by atoms with Crippen LogP contribution in [0.4, 0.5) is 17.1 Å². The quantitative estimate of drug-likeness (QED) is 0.156. The average molecular weight is 797 g/mol. The van der Waals surface area contributed by atoms with Gasteiger partial charge in [-0.2, -0.15) is 0 Å². The molecule has 298 valence electrons. The highest BCUT2D eigenvalue weighted by Gasteiger charge is 2.35. The summed E-state index contributed by atoms with van der Waals surface area (Å²) in [7, 11) is 0. The van der Waals surface area contributed by atoms with Crippen LogP contribution >= 0.6 is 0 Å². The van der Waals surface area contributed by atoms with Gasteiger partial charge in [0, 0.05) is 38.9 Å². The topological polar surface area (TPSA) is 8.17 Å². The summed E-state index contributed by atoms with van der Waals surface area (Å²) in [5, 5.41) is 2.50. The second-order valence-corrected chi connectivity index (χ2v) is 17.7. The lowest BCUT2D eigenvalue weighted by Crippen LogP contribution is -2.15. The summed E-state index contributed by atoms with van der Waals surface area (Å²) in [5.41, 5.74) is 23.6. The molecule has 0 fully saturated rings. The summed E-state index contributed by atoms with van der Waals surface area (Å²) >= 11 is 0. The van der Waals surface area contributed by atoms with Gasteiger partial charge in [0.1, 0.15) is 0 Å². The van der Waals surface area contributed by atoms with Crippen LogP contribution in [0.5, 0.6) is 0 Å². The lowest BCUT2D eigenvalue weighted by atomic mass is 9.81. The molecule has 10 aromatic rings. The van der Waals surface area contributed by atoms with Gasteiger partial charge in [-0.25, -0.2) is 0 Å². The van der Waals surface area contributed by atoms with E-state index < -0.39 is 0 Å². The van der Waals surface area contributed by atoms with E-state index in [1.54, 1.807) is 0 Å². The number of anilines is 3. The Morgan fingerprint density at radius 2 is 0.774 bits per heavy atom. The van der Waals surface area contributed by atoms with E-state index in [9.17, 15) is 0 Å². The fourth-order valence-corrected chi connectivity index (χ4v) is 9.76. The molecule has 0 saturated carbocycles. The SMILES string of the molecule is Cc1ccc(-c2ccc(-n3c4ccccc4c4cc(-c5ccc(N(c6ccc(C)cc6)c6ccc(-c7ccc8c(c7)C(C)(C)c7cc(C)ccc7-8)cc6)cc5)ccc43)cc2)cc1. The minimum absolute atomic E-state index is 0.0406. The molecule has 0 radical (unpaired) electrons. The second kappa shape index (κ2) is 14.6. The lowest BCUT2D eigenvalue weighted by molar-refractivity contribution is 0.660. The molecule has 0 saturated heterocycles. The number of hydrogen-bond donors (Lipinski definition) is 0. The van der Waals surface area contributed by atoms with E-state index >= 15 is 0 Å². The molecule has 0 unspecified atom stereocenters. The Morgan fingerprint density at radius 1 is 0.355 bits per heavy atom. The van der Waals surface area contributed by atoms with Gasteiger partial charge in [0.15, 0.2) is 0 Å². The molecule has 62 heavy (non-hydrogen) atoms. The first-order valence-corrected chi connectivity index (χ1v) is 21.7. The molecular weight excluding hydrogens is 749 g/mol. The molecule has 9 aromatic carbocycles. The van der Waals surface area contributed by atoms with E-state index in [1.807, 2.05) is 0 Å². The van der Waals surface area contributed by atoms with Gasteiger partial charge in [-0.1, -0.05) is 158 Å². The van der Waals surface area contributed by atoms with Crippen molar-refractivity contribution >= 4 is 38.9 Å². The molecule has 0 aliphatic heterocycles. The van der Waals surface area contributed by atoms with Crippen molar-refractivity contribution in [2.75, 3.05) is 4.90 Å². The van der Waals surface area contributed by atoms with E-state index in [0.29, 0.717) is 0 Å². The third kappa shape index (κ3) is 6.34. The van der Waals surface area contributed by atoms with Gasteiger partial charge in [-0.15, -0.1) is 0 Å². The average Bonchev–Trinajstić information content (AvgIpc) is 3.75. The maximum Gasteiger partial charge on any atom is 0.0541 e. The normalized spacial score (nSPS) is 12.7. The van der Waals surface area contributed by atoms with Crippen molar-refractivity contribution in [3.05, 3.63) is 228 Å². The van der Waals surface area contributed by atoms with Crippen molar-refractivity contribution in [1.82, 2.24) is 4.57 Å². The number of aryl methyl sites for hydroxylation is 3. The number of nitrogens with zero attached hydrogens (tertiary/aromatic N) is 2. The minimum atomic E-state index is -0.0406. The van der Waals surface area contributed by atoms with Crippen LogP contribution in [0.3, 0.4) is 0 Å². The first kappa shape index (κ1) is 37.6. The van der Waals surface area contributed by atoms with Gasteiger partial charge in [0.2, 0.25) is 0 Å². The molecule has 11 rings (SSSR count). The molecule has 1 aliphatic rings. The summed E-state index contributed by atoms with van der Waals surface area (Å²) in [6.45, 7) is 11.2. The smallest absolute Gasteiger partial charge is 0.0541 e. The Hall–Kier alpha value is -7.42. The monoisotopic (exact) mass is 796 g/mol. The van der Waals surface area contributed by atoms with Crippen LogP contribution in [-0.4, -0.2) is 4.57 Å². The number of para-hydroxylation sites is 1. The van der Waals surface area contributed by atoms with Crippen LogP contribution in [0.1, 0.15) is 41.7 Å².